The first-order chi connectivity index (χ1) is 9.34. The highest BCUT2D eigenvalue weighted by atomic mass is 16.7. The van der Waals surface area contributed by atoms with Gasteiger partial charge in [0.2, 0.25) is 0 Å². The number of benzene rings is 1. The van der Waals surface area contributed by atoms with Crippen LogP contribution < -0.4 is 0 Å². The van der Waals surface area contributed by atoms with Gasteiger partial charge in [-0.15, -0.1) is 0 Å². The number of rotatable bonds is 5. The van der Waals surface area contributed by atoms with Gasteiger partial charge in [0.1, 0.15) is 0 Å². The van der Waals surface area contributed by atoms with Gasteiger partial charge in [-0.3, -0.25) is 0 Å². The zero-order valence-electron chi connectivity index (χ0n) is 13.5. The summed E-state index contributed by atoms with van der Waals surface area (Å²) >= 11 is 0. The molecule has 1 aromatic rings. The maximum Gasteiger partial charge on any atom is 0.458 e. The van der Waals surface area contributed by atoms with E-state index in [0.717, 1.165) is 19.2 Å². The summed E-state index contributed by atoms with van der Waals surface area (Å²) in [6.45, 7) is 10.7. The third-order valence-corrected chi connectivity index (χ3v) is 4.77. The summed E-state index contributed by atoms with van der Waals surface area (Å²) in [4.78, 5) is 0. The van der Waals surface area contributed by atoms with Gasteiger partial charge in [0.05, 0.1) is 11.2 Å². The van der Waals surface area contributed by atoms with E-state index in [9.17, 15) is 0 Å². The van der Waals surface area contributed by atoms with Crippen molar-refractivity contribution in [3.63, 3.8) is 0 Å². The van der Waals surface area contributed by atoms with Gasteiger partial charge in [-0.2, -0.15) is 0 Å². The van der Waals surface area contributed by atoms with Crippen LogP contribution in [0.5, 0.6) is 0 Å². The fraction of sp³-hybridized carbons (Fsp3) is 0.647. The van der Waals surface area contributed by atoms with E-state index >= 15 is 0 Å². The van der Waals surface area contributed by atoms with Crippen LogP contribution in [-0.4, -0.2) is 18.3 Å². The Morgan fingerprint density at radius 2 is 1.55 bits per heavy atom. The number of hydrogen-bond donors (Lipinski definition) is 0. The molecule has 1 heterocycles. The van der Waals surface area contributed by atoms with Gasteiger partial charge in [0.15, 0.2) is 0 Å². The van der Waals surface area contributed by atoms with Crippen molar-refractivity contribution in [2.24, 2.45) is 5.92 Å². The molecule has 2 rings (SSSR count). The Morgan fingerprint density at radius 3 is 2.05 bits per heavy atom. The van der Waals surface area contributed by atoms with Gasteiger partial charge in [-0.05, 0) is 51.9 Å². The molecular weight excluding hydrogens is 247 g/mol. The van der Waals surface area contributed by atoms with E-state index in [1.165, 1.54) is 5.56 Å². The minimum absolute atomic E-state index is 0.0753. The quantitative estimate of drug-likeness (QED) is 0.743. The molecule has 0 radical (unpaired) electrons. The average Bonchev–Trinajstić information content (AvgIpc) is 2.57. The summed E-state index contributed by atoms with van der Waals surface area (Å²) < 4.78 is 12.2. The minimum atomic E-state index is -0.220. The van der Waals surface area contributed by atoms with Gasteiger partial charge in [0, 0.05) is 0 Å². The van der Waals surface area contributed by atoms with Crippen molar-refractivity contribution in [2.75, 3.05) is 0 Å². The molecule has 1 fully saturated rings. The first-order valence-electron chi connectivity index (χ1n) is 7.73. The molecule has 0 aliphatic carbocycles. The topological polar surface area (TPSA) is 18.5 Å². The summed E-state index contributed by atoms with van der Waals surface area (Å²) in [6, 6.07) is 10.7. The molecule has 20 heavy (non-hydrogen) atoms. The maximum absolute atomic E-state index is 6.11. The van der Waals surface area contributed by atoms with Crippen LogP contribution in [0.15, 0.2) is 30.3 Å². The third kappa shape index (κ3) is 3.45. The van der Waals surface area contributed by atoms with E-state index in [1.807, 2.05) is 0 Å². The van der Waals surface area contributed by atoms with Gasteiger partial charge in [0.25, 0.3) is 0 Å². The molecule has 0 unspecified atom stereocenters. The lowest BCUT2D eigenvalue weighted by atomic mass is 9.74. The second kappa shape index (κ2) is 5.91. The molecule has 0 bridgehead atoms. The van der Waals surface area contributed by atoms with Crippen LogP contribution in [0.4, 0.5) is 0 Å². The Kier molecular flexibility index (Phi) is 4.60. The Bertz CT molecular complexity index is 412. The van der Waals surface area contributed by atoms with E-state index < -0.39 is 0 Å². The van der Waals surface area contributed by atoms with Crippen molar-refractivity contribution >= 4 is 7.12 Å². The Balaban J connectivity index is 1.95. The van der Waals surface area contributed by atoms with Crippen LogP contribution >= 0.6 is 0 Å². The van der Waals surface area contributed by atoms with E-state index in [2.05, 4.69) is 65.0 Å². The van der Waals surface area contributed by atoms with Gasteiger partial charge in [-0.1, -0.05) is 43.7 Å². The fourth-order valence-corrected chi connectivity index (χ4v) is 2.68. The summed E-state index contributed by atoms with van der Waals surface area (Å²) in [6.07, 6.45) is 3.22. The average molecular weight is 274 g/mol. The molecule has 0 aromatic heterocycles. The van der Waals surface area contributed by atoms with Gasteiger partial charge in [-0.25, -0.2) is 0 Å². The lowest BCUT2D eigenvalue weighted by Crippen LogP contribution is -2.41. The highest BCUT2D eigenvalue weighted by Gasteiger charge is 2.51. The predicted octanol–water partition coefficient (Wildman–Crippen LogP) is 4.35. The molecule has 0 spiro atoms. The largest absolute Gasteiger partial charge is 0.458 e. The molecule has 0 N–H and O–H groups in total. The molecular formula is C17H27BO2. The molecule has 1 aromatic carbocycles. The Morgan fingerprint density at radius 1 is 1.00 bits per heavy atom. The van der Waals surface area contributed by atoms with Crippen molar-refractivity contribution in [2.45, 2.75) is 65.0 Å². The van der Waals surface area contributed by atoms with E-state index in [1.54, 1.807) is 0 Å². The number of hydrogen-bond acceptors (Lipinski definition) is 2. The maximum atomic E-state index is 6.11. The standard InChI is InChI=1S/C17H27BO2/c1-6-14(12-15-10-8-7-9-11-15)13-18-19-16(2,3)17(4,5)20-18/h7-11,14H,6,12-13H2,1-5H3/t14-/m0/s1. The summed E-state index contributed by atoms with van der Waals surface area (Å²) in [7, 11) is -0.0753. The van der Waals surface area contributed by atoms with Crippen molar-refractivity contribution < 1.29 is 9.31 Å². The first kappa shape index (κ1) is 15.6. The summed E-state index contributed by atoms with van der Waals surface area (Å²) in [5.41, 5.74) is 0.960. The highest BCUT2D eigenvalue weighted by molar-refractivity contribution is 6.45. The van der Waals surface area contributed by atoms with Crippen LogP contribution in [0.1, 0.15) is 46.6 Å². The Hall–Kier alpha value is -0.795. The van der Waals surface area contributed by atoms with Gasteiger partial charge < -0.3 is 9.31 Å². The predicted molar refractivity (Wildman–Crippen MR) is 84.8 cm³/mol. The molecule has 1 aliphatic rings. The monoisotopic (exact) mass is 274 g/mol. The molecule has 2 nitrogen and oxygen atoms in total. The van der Waals surface area contributed by atoms with Crippen molar-refractivity contribution in [3.8, 4) is 0 Å². The molecule has 1 saturated heterocycles. The zero-order chi connectivity index (χ0) is 14.8. The van der Waals surface area contributed by atoms with Gasteiger partial charge >= 0.3 is 7.12 Å². The van der Waals surface area contributed by atoms with Crippen LogP contribution in [0.2, 0.25) is 6.32 Å². The van der Waals surface area contributed by atoms with E-state index in [-0.39, 0.29) is 18.3 Å². The highest BCUT2D eigenvalue weighted by Crippen LogP contribution is 2.39. The second-order valence-electron chi connectivity index (χ2n) is 6.89. The third-order valence-electron chi connectivity index (χ3n) is 4.77. The van der Waals surface area contributed by atoms with Crippen LogP contribution in [0, 0.1) is 5.92 Å². The summed E-state index contributed by atoms with van der Waals surface area (Å²) in [5.74, 6) is 0.604. The molecule has 0 amide bonds. The lowest BCUT2D eigenvalue weighted by molar-refractivity contribution is 0.00578. The molecule has 0 saturated carbocycles. The fourth-order valence-electron chi connectivity index (χ4n) is 2.68. The van der Waals surface area contributed by atoms with Crippen LogP contribution in [0.25, 0.3) is 0 Å². The van der Waals surface area contributed by atoms with Crippen molar-refractivity contribution in [3.05, 3.63) is 35.9 Å². The Labute approximate surface area is 124 Å². The van der Waals surface area contributed by atoms with Crippen LogP contribution in [0.3, 0.4) is 0 Å². The minimum Gasteiger partial charge on any atom is -0.403 e. The summed E-state index contributed by atoms with van der Waals surface area (Å²) in [5, 5.41) is 0. The molecule has 1 atom stereocenters. The SMILES string of the molecule is CC[C@H](CB1OC(C)(C)C(C)(C)O1)Cc1ccccc1. The molecule has 3 heteroatoms. The molecule has 110 valence electrons. The van der Waals surface area contributed by atoms with E-state index in [0.29, 0.717) is 5.92 Å². The van der Waals surface area contributed by atoms with Crippen LogP contribution in [-0.2, 0) is 15.7 Å². The second-order valence-corrected chi connectivity index (χ2v) is 6.89. The van der Waals surface area contributed by atoms with Crippen molar-refractivity contribution in [1.82, 2.24) is 0 Å². The van der Waals surface area contributed by atoms with Crippen molar-refractivity contribution in [1.29, 1.82) is 0 Å². The van der Waals surface area contributed by atoms with E-state index in [4.69, 9.17) is 9.31 Å². The molecule has 1 aliphatic heterocycles. The first-order valence-corrected chi connectivity index (χ1v) is 7.73. The lowest BCUT2D eigenvalue weighted by Gasteiger charge is -2.32. The smallest absolute Gasteiger partial charge is 0.403 e. The normalized spacial score (nSPS) is 21.9. The zero-order valence-corrected chi connectivity index (χ0v) is 13.5.